The molecule has 0 aliphatic rings. The van der Waals surface area contributed by atoms with Crippen molar-refractivity contribution in [2.24, 2.45) is 0 Å². The van der Waals surface area contributed by atoms with E-state index in [0.29, 0.717) is 30.2 Å². The average Bonchev–Trinajstić information content (AvgIpc) is 3.21. The third-order valence-electron chi connectivity index (χ3n) is 5.56. The van der Waals surface area contributed by atoms with Crippen LogP contribution in [0.15, 0.2) is 60.8 Å². The normalized spacial score (nSPS) is 12.2. The zero-order valence-electron chi connectivity index (χ0n) is 21.5. The van der Waals surface area contributed by atoms with Gasteiger partial charge in [0.15, 0.2) is 0 Å². The van der Waals surface area contributed by atoms with Gasteiger partial charge >= 0.3 is 0 Å². The lowest BCUT2D eigenvalue weighted by molar-refractivity contribution is -0.127. The molecule has 0 aliphatic carbocycles. The molecule has 186 valence electrons. The number of anilines is 1. The summed E-state index contributed by atoms with van der Waals surface area (Å²) >= 11 is 0. The number of aryl methyl sites for hydroxylation is 3. The number of nitrogens with one attached hydrogen (secondary N) is 1. The standard InChI is InChI=1S/C28H36N4O3/c1-7-35-24-14-10-22(11-15-24)26(27(34)30-28(4,5)6)32(23-12-8-20(2)9-13-23)25(33)17-19-31-21(3)16-18-29-31/h8-16,18,26H,7,17,19H2,1-6H3,(H,30,34). The van der Waals surface area contributed by atoms with Gasteiger partial charge < -0.3 is 10.1 Å². The highest BCUT2D eigenvalue weighted by molar-refractivity contribution is 6.01. The average molecular weight is 477 g/mol. The maximum absolute atomic E-state index is 13.8. The molecule has 7 nitrogen and oxygen atoms in total. The van der Waals surface area contributed by atoms with Crippen molar-refractivity contribution in [3.63, 3.8) is 0 Å². The molecule has 7 heteroatoms. The number of hydrogen-bond acceptors (Lipinski definition) is 4. The summed E-state index contributed by atoms with van der Waals surface area (Å²) in [5.74, 6) is 0.311. The summed E-state index contributed by atoms with van der Waals surface area (Å²) in [6, 6.07) is 16.1. The van der Waals surface area contributed by atoms with Gasteiger partial charge in [0.2, 0.25) is 11.8 Å². The Morgan fingerprint density at radius 1 is 1.03 bits per heavy atom. The monoisotopic (exact) mass is 476 g/mol. The first-order valence-electron chi connectivity index (χ1n) is 12.0. The highest BCUT2D eigenvalue weighted by Crippen LogP contribution is 2.31. The van der Waals surface area contributed by atoms with Gasteiger partial charge in [0.1, 0.15) is 11.8 Å². The Morgan fingerprint density at radius 2 is 1.69 bits per heavy atom. The van der Waals surface area contributed by atoms with Crippen LogP contribution < -0.4 is 15.0 Å². The lowest BCUT2D eigenvalue weighted by Crippen LogP contribution is -2.49. The molecule has 0 spiro atoms. The molecule has 2 amide bonds. The van der Waals surface area contributed by atoms with Crippen LogP contribution in [-0.4, -0.2) is 33.7 Å². The van der Waals surface area contributed by atoms with Gasteiger partial charge in [-0.05, 0) is 77.4 Å². The molecular weight excluding hydrogens is 440 g/mol. The highest BCUT2D eigenvalue weighted by atomic mass is 16.5. The van der Waals surface area contributed by atoms with Crippen LogP contribution in [0.1, 0.15) is 57.0 Å². The number of amides is 2. The molecule has 1 N–H and O–H groups in total. The molecule has 3 rings (SSSR count). The van der Waals surface area contributed by atoms with E-state index in [1.54, 1.807) is 15.8 Å². The Balaban J connectivity index is 2.04. The van der Waals surface area contributed by atoms with E-state index < -0.39 is 11.6 Å². The fourth-order valence-corrected chi connectivity index (χ4v) is 3.87. The summed E-state index contributed by atoms with van der Waals surface area (Å²) in [6.45, 7) is 12.6. The maximum atomic E-state index is 13.8. The first kappa shape index (κ1) is 26.0. The number of nitrogens with zero attached hydrogens (tertiary/aromatic N) is 3. The number of ether oxygens (including phenoxy) is 1. The van der Waals surface area contributed by atoms with E-state index in [4.69, 9.17) is 4.74 Å². The third kappa shape index (κ3) is 6.94. The molecular formula is C28H36N4O3. The van der Waals surface area contributed by atoms with Crippen LogP contribution in [0.4, 0.5) is 5.69 Å². The minimum absolute atomic E-state index is 0.160. The molecule has 2 aromatic carbocycles. The maximum Gasteiger partial charge on any atom is 0.248 e. The van der Waals surface area contributed by atoms with Crippen molar-refractivity contribution in [2.45, 2.75) is 66.1 Å². The van der Waals surface area contributed by atoms with E-state index in [2.05, 4.69) is 10.4 Å². The van der Waals surface area contributed by atoms with Crippen molar-refractivity contribution in [3.8, 4) is 5.75 Å². The zero-order chi connectivity index (χ0) is 25.6. The number of benzene rings is 2. The van der Waals surface area contributed by atoms with Crippen molar-refractivity contribution in [3.05, 3.63) is 77.6 Å². The summed E-state index contributed by atoms with van der Waals surface area (Å²) < 4.78 is 7.39. The van der Waals surface area contributed by atoms with Gasteiger partial charge in [-0.25, -0.2) is 0 Å². The SMILES string of the molecule is CCOc1ccc(C(C(=O)NC(C)(C)C)N(C(=O)CCn2nccc2C)c2ccc(C)cc2)cc1. The minimum atomic E-state index is -0.848. The molecule has 0 saturated carbocycles. The molecule has 0 saturated heterocycles. The molecule has 0 fully saturated rings. The summed E-state index contributed by atoms with van der Waals surface area (Å²) in [4.78, 5) is 29.1. The Labute approximate surface area is 208 Å². The van der Waals surface area contributed by atoms with Gasteiger partial charge in [-0.2, -0.15) is 5.10 Å². The van der Waals surface area contributed by atoms with Crippen molar-refractivity contribution in [1.29, 1.82) is 0 Å². The summed E-state index contributed by atoms with van der Waals surface area (Å²) in [6.07, 6.45) is 1.92. The van der Waals surface area contributed by atoms with Gasteiger partial charge in [-0.1, -0.05) is 29.8 Å². The molecule has 3 aromatic rings. The smallest absolute Gasteiger partial charge is 0.248 e. The molecule has 1 atom stereocenters. The number of aromatic nitrogens is 2. The molecule has 1 unspecified atom stereocenters. The predicted molar refractivity (Wildman–Crippen MR) is 138 cm³/mol. The zero-order valence-corrected chi connectivity index (χ0v) is 21.5. The third-order valence-corrected chi connectivity index (χ3v) is 5.56. The fraction of sp³-hybridized carbons (Fsp3) is 0.393. The van der Waals surface area contributed by atoms with Gasteiger partial charge in [0, 0.05) is 36.1 Å². The molecule has 1 aromatic heterocycles. The largest absolute Gasteiger partial charge is 0.494 e. The van der Waals surface area contributed by atoms with Gasteiger partial charge in [-0.3, -0.25) is 19.2 Å². The van der Waals surface area contributed by atoms with Crippen LogP contribution in [0, 0.1) is 13.8 Å². The van der Waals surface area contributed by atoms with E-state index >= 15 is 0 Å². The van der Waals surface area contributed by atoms with E-state index in [1.165, 1.54) is 0 Å². The summed E-state index contributed by atoms with van der Waals surface area (Å²) in [5.41, 5.74) is 2.97. The number of carbonyl (C=O) groups excluding carboxylic acids is 2. The van der Waals surface area contributed by atoms with Crippen LogP contribution in [-0.2, 0) is 16.1 Å². The first-order valence-corrected chi connectivity index (χ1v) is 12.0. The van der Waals surface area contributed by atoms with Crippen molar-refractivity contribution in [1.82, 2.24) is 15.1 Å². The summed E-state index contributed by atoms with van der Waals surface area (Å²) in [7, 11) is 0. The van der Waals surface area contributed by atoms with Crippen LogP contribution in [0.2, 0.25) is 0 Å². The van der Waals surface area contributed by atoms with Gasteiger partial charge in [-0.15, -0.1) is 0 Å². The van der Waals surface area contributed by atoms with E-state index in [0.717, 1.165) is 11.3 Å². The molecule has 0 aliphatic heterocycles. The van der Waals surface area contributed by atoms with E-state index in [9.17, 15) is 9.59 Å². The van der Waals surface area contributed by atoms with Gasteiger partial charge in [0.05, 0.1) is 6.61 Å². The van der Waals surface area contributed by atoms with Crippen LogP contribution in [0.5, 0.6) is 5.75 Å². The van der Waals surface area contributed by atoms with Crippen LogP contribution in [0.25, 0.3) is 0 Å². The van der Waals surface area contributed by atoms with Crippen LogP contribution in [0.3, 0.4) is 0 Å². The second kappa shape index (κ2) is 11.2. The summed E-state index contributed by atoms with van der Waals surface area (Å²) in [5, 5.41) is 7.37. The topological polar surface area (TPSA) is 76.5 Å². The quantitative estimate of drug-likeness (QED) is 0.473. The Morgan fingerprint density at radius 3 is 2.23 bits per heavy atom. The molecule has 35 heavy (non-hydrogen) atoms. The molecule has 0 radical (unpaired) electrons. The number of hydrogen-bond donors (Lipinski definition) is 1. The van der Waals surface area contributed by atoms with Crippen molar-refractivity contribution >= 4 is 17.5 Å². The second-order valence-corrected chi connectivity index (χ2v) is 9.69. The Bertz CT molecular complexity index is 1130. The lowest BCUT2D eigenvalue weighted by atomic mass is 10.00. The number of rotatable bonds is 9. The Kier molecular flexibility index (Phi) is 8.33. The van der Waals surface area contributed by atoms with Crippen molar-refractivity contribution in [2.75, 3.05) is 11.5 Å². The van der Waals surface area contributed by atoms with Crippen LogP contribution >= 0.6 is 0 Å². The first-order chi connectivity index (χ1) is 16.6. The van der Waals surface area contributed by atoms with E-state index in [1.807, 2.05) is 96.1 Å². The minimum Gasteiger partial charge on any atom is -0.494 e. The molecule has 1 heterocycles. The van der Waals surface area contributed by atoms with Crippen molar-refractivity contribution < 1.29 is 14.3 Å². The van der Waals surface area contributed by atoms with E-state index in [-0.39, 0.29) is 18.2 Å². The van der Waals surface area contributed by atoms with Gasteiger partial charge in [0.25, 0.3) is 0 Å². The highest BCUT2D eigenvalue weighted by Gasteiger charge is 2.34. The number of carbonyl (C=O) groups is 2. The second-order valence-electron chi connectivity index (χ2n) is 9.69. The predicted octanol–water partition coefficient (Wildman–Crippen LogP) is 4.98. The molecule has 0 bridgehead atoms. The lowest BCUT2D eigenvalue weighted by Gasteiger charge is -2.34. The Hall–Kier alpha value is -3.61. The fourth-order valence-electron chi connectivity index (χ4n) is 3.87.